The van der Waals surface area contributed by atoms with Gasteiger partial charge in [0.1, 0.15) is 6.04 Å². The molecule has 13 heavy (non-hydrogen) atoms. The maximum atomic E-state index is 11.1. The fourth-order valence-corrected chi connectivity index (χ4v) is 4.76. The van der Waals surface area contributed by atoms with E-state index in [1.807, 2.05) is 0 Å². The van der Waals surface area contributed by atoms with E-state index < -0.39 is 20.1 Å². The van der Waals surface area contributed by atoms with Crippen LogP contribution in [0.4, 0.5) is 0 Å². The Kier molecular flexibility index (Phi) is 2.47. The first-order valence-corrected chi connectivity index (χ1v) is 7.75. The Morgan fingerprint density at radius 2 is 2.00 bits per heavy atom. The Morgan fingerprint density at radius 3 is 2.31 bits per heavy atom. The molecule has 1 atom stereocenters. The van der Waals surface area contributed by atoms with Crippen molar-refractivity contribution in [2.75, 3.05) is 6.17 Å². The molecule has 1 unspecified atom stereocenters. The van der Waals surface area contributed by atoms with Crippen LogP contribution in [0.5, 0.6) is 0 Å². The molecule has 4 nitrogen and oxygen atoms in total. The van der Waals surface area contributed by atoms with Crippen LogP contribution in [-0.4, -0.2) is 42.2 Å². The lowest BCUT2D eigenvalue weighted by molar-refractivity contribution is -0.147. The molecule has 1 amide bonds. The normalized spacial score (nSPS) is 26.1. The molecule has 0 bridgehead atoms. The monoisotopic (exact) mass is 201 g/mol. The molecule has 0 radical (unpaired) electrons. The molecule has 0 spiro atoms. The van der Waals surface area contributed by atoms with Gasteiger partial charge in [-0.1, -0.05) is 13.1 Å². The van der Waals surface area contributed by atoms with Crippen molar-refractivity contribution in [1.29, 1.82) is 0 Å². The molecule has 1 fully saturated rings. The van der Waals surface area contributed by atoms with Crippen LogP contribution in [0.15, 0.2) is 0 Å². The third-order valence-corrected chi connectivity index (χ3v) is 5.10. The number of rotatable bonds is 1. The minimum atomic E-state index is -1.47. The van der Waals surface area contributed by atoms with Gasteiger partial charge < -0.3 is 10.0 Å². The topological polar surface area (TPSA) is 57.6 Å². The van der Waals surface area contributed by atoms with Crippen molar-refractivity contribution in [3.63, 3.8) is 0 Å². The summed E-state index contributed by atoms with van der Waals surface area (Å²) < 4.78 is 0. The predicted octanol–water partition coefficient (Wildman–Crippen LogP) is 0.549. The molecular formula is C8H15NO3Si. The van der Waals surface area contributed by atoms with E-state index in [0.717, 1.165) is 0 Å². The summed E-state index contributed by atoms with van der Waals surface area (Å²) in [6.45, 7) is 5.67. The highest BCUT2D eigenvalue weighted by molar-refractivity contribution is 6.78. The summed E-state index contributed by atoms with van der Waals surface area (Å²) in [6, 6.07) is 0.112. The number of carbonyl (C=O) groups excluding carboxylic acids is 1. The van der Waals surface area contributed by atoms with Crippen molar-refractivity contribution in [2.24, 2.45) is 0 Å². The van der Waals surface area contributed by atoms with Gasteiger partial charge in [-0.3, -0.25) is 4.79 Å². The third kappa shape index (κ3) is 2.09. The Bertz CT molecular complexity index is 228. The largest absolute Gasteiger partial charge is 0.480 e. The molecule has 1 rings (SSSR count). The molecule has 0 aromatic carbocycles. The molecule has 74 valence electrons. The van der Waals surface area contributed by atoms with Crippen LogP contribution in [0, 0.1) is 0 Å². The maximum absolute atomic E-state index is 11.1. The van der Waals surface area contributed by atoms with E-state index in [1.165, 1.54) is 11.8 Å². The van der Waals surface area contributed by atoms with Crippen molar-refractivity contribution in [1.82, 2.24) is 4.90 Å². The molecule has 1 aliphatic rings. The Labute approximate surface area is 78.5 Å². The quantitative estimate of drug-likeness (QED) is 0.630. The first-order valence-electron chi connectivity index (χ1n) is 4.33. The smallest absolute Gasteiger partial charge is 0.326 e. The van der Waals surface area contributed by atoms with Gasteiger partial charge in [0, 0.05) is 13.1 Å². The minimum absolute atomic E-state index is 0.120. The van der Waals surface area contributed by atoms with Crippen LogP contribution in [0.1, 0.15) is 6.92 Å². The number of carbonyl (C=O) groups is 2. The number of amides is 1. The number of nitrogens with zero attached hydrogens (tertiary/aromatic N) is 1. The van der Waals surface area contributed by atoms with Crippen molar-refractivity contribution >= 4 is 20.0 Å². The SMILES string of the molecule is CC(=O)N1C[Si](C)(C)CC1C(=O)O. The molecule has 0 aromatic rings. The zero-order valence-electron chi connectivity index (χ0n) is 8.20. The van der Waals surface area contributed by atoms with E-state index in [1.54, 1.807) is 0 Å². The van der Waals surface area contributed by atoms with E-state index in [2.05, 4.69) is 13.1 Å². The van der Waals surface area contributed by atoms with Gasteiger partial charge in [-0.15, -0.1) is 0 Å². The van der Waals surface area contributed by atoms with Gasteiger partial charge >= 0.3 is 5.97 Å². The average Bonchev–Trinajstić information content (AvgIpc) is 2.26. The van der Waals surface area contributed by atoms with E-state index >= 15 is 0 Å². The standard InChI is InChI=1S/C8H15NO3Si/c1-6(10)9-5-13(2,3)4-7(9)8(11)12/h7H,4-5H2,1-3H3,(H,11,12). The van der Waals surface area contributed by atoms with Crippen LogP contribution in [0.2, 0.25) is 19.1 Å². The van der Waals surface area contributed by atoms with Crippen LogP contribution >= 0.6 is 0 Å². The lowest BCUT2D eigenvalue weighted by Crippen LogP contribution is -2.39. The van der Waals surface area contributed by atoms with Gasteiger partial charge in [0.25, 0.3) is 0 Å². The Balaban J connectivity index is 2.83. The van der Waals surface area contributed by atoms with Gasteiger partial charge in [-0.25, -0.2) is 4.79 Å². The summed E-state index contributed by atoms with van der Waals surface area (Å²) in [5.41, 5.74) is 0. The number of carboxylic acid groups (broad SMARTS) is 1. The first-order chi connectivity index (χ1) is 5.83. The lowest BCUT2D eigenvalue weighted by atomic mass is 10.3. The third-order valence-electron chi connectivity index (χ3n) is 2.41. The van der Waals surface area contributed by atoms with Gasteiger partial charge in [0.15, 0.2) is 0 Å². The van der Waals surface area contributed by atoms with Gasteiger partial charge in [0.2, 0.25) is 5.91 Å². The van der Waals surface area contributed by atoms with E-state index in [9.17, 15) is 9.59 Å². The number of carboxylic acids is 1. The minimum Gasteiger partial charge on any atom is -0.480 e. The van der Waals surface area contributed by atoms with E-state index in [0.29, 0.717) is 12.2 Å². The predicted molar refractivity (Wildman–Crippen MR) is 51.1 cm³/mol. The summed E-state index contributed by atoms with van der Waals surface area (Å²) in [7, 11) is -1.47. The summed E-state index contributed by atoms with van der Waals surface area (Å²) in [6.07, 6.45) is 0.680. The number of aliphatic carboxylic acids is 1. The van der Waals surface area contributed by atoms with Crippen molar-refractivity contribution in [3.05, 3.63) is 0 Å². The molecule has 0 saturated carbocycles. The van der Waals surface area contributed by atoms with E-state index in [-0.39, 0.29) is 5.91 Å². The molecule has 1 heterocycles. The fraction of sp³-hybridized carbons (Fsp3) is 0.750. The van der Waals surface area contributed by atoms with Crippen LogP contribution in [0.25, 0.3) is 0 Å². The zero-order valence-corrected chi connectivity index (χ0v) is 9.20. The highest BCUT2D eigenvalue weighted by atomic mass is 28.3. The maximum Gasteiger partial charge on any atom is 0.326 e. The zero-order chi connectivity index (χ0) is 10.2. The lowest BCUT2D eigenvalue weighted by Gasteiger charge is -2.19. The Hall–Kier alpha value is -0.843. The average molecular weight is 201 g/mol. The Morgan fingerprint density at radius 1 is 1.46 bits per heavy atom. The summed E-state index contributed by atoms with van der Waals surface area (Å²) in [4.78, 5) is 23.5. The highest BCUT2D eigenvalue weighted by Crippen LogP contribution is 2.26. The van der Waals surface area contributed by atoms with Crippen LogP contribution < -0.4 is 0 Å². The second-order valence-corrected chi connectivity index (χ2v) is 9.42. The van der Waals surface area contributed by atoms with Crippen LogP contribution in [-0.2, 0) is 9.59 Å². The highest BCUT2D eigenvalue weighted by Gasteiger charge is 2.43. The van der Waals surface area contributed by atoms with Crippen molar-refractivity contribution < 1.29 is 14.7 Å². The van der Waals surface area contributed by atoms with Crippen molar-refractivity contribution in [2.45, 2.75) is 32.1 Å². The molecule has 0 aromatic heterocycles. The van der Waals surface area contributed by atoms with Crippen molar-refractivity contribution in [3.8, 4) is 0 Å². The molecule has 0 aliphatic carbocycles. The number of hydrogen-bond acceptors (Lipinski definition) is 2. The first kappa shape index (κ1) is 10.2. The molecule has 1 aliphatic heterocycles. The number of hydrogen-bond donors (Lipinski definition) is 1. The second-order valence-electron chi connectivity index (χ2n) is 4.37. The summed E-state index contributed by atoms with van der Waals surface area (Å²) in [5.74, 6) is -0.987. The van der Waals surface area contributed by atoms with Crippen LogP contribution in [0.3, 0.4) is 0 Å². The fourth-order valence-electron chi connectivity index (χ4n) is 1.82. The summed E-state index contributed by atoms with van der Waals surface area (Å²) in [5, 5.41) is 8.89. The molecular weight excluding hydrogens is 186 g/mol. The molecule has 1 saturated heterocycles. The molecule has 1 N–H and O–H groups in total. The van der Waals surface area contributed by atoms with Gasteiger partial charge in [0.05, 0.1) is 8.07 Å². The van der Waals surface area contributed by atoms with Gasteiger partial charge in [-0.05, 0) is 6.04 Å². The summed E-state index contributed by atoms with van der Waals surface area (Å²) >= 11 is 0. The van der Waals surface area contributed by atoms with Gasteiger partial charge in [-0.2, -0.15) is 0 Å². The molecule has 5 heteroatoms. The second kappa shape index (κ2) is 3.14. The van der Waals surface area contributed by atoms with E-state index in [4.69, 9.17) is 5.11 Å².